The monoisotopic (exact) mass is 615 g/mol. The first kappa shape index (κ1) is 28.6. The van der Waals surface area contributed by atoms with Crippen LogP contribution in [0.2, 0.25) is 0 Å². The number of halogens is 1. The first-order valence-electron chi connectivity index (χ1n) is 13.5. The van der Waals surface area contributed by atoms with Crippen molar-refractivity contribution in [2.24, 2.45) is 0 Å². The highest BCUT2D eigenvalue weighted by molar-refractivity contribution is 8.00. The fourth-order valence-electron chi connectivity index (χ4n) is 5.11. The summed E-state index contributed by atoms with van der Waals surface area (Å²) in [6.45, 7) is 5.90. The van der Waals surface area contributed by atoms with Crippen molar-refractivity contribution < 1.29 is 28.6 Å². The maximum Gasteiger partial charge on any atom is 0.301 e. The molecule has 1 aromatic heterocycles. The lowest BCUT2D eigenvalue weighted by atomic mass is 9.94. The molecule has 8 nitrogen and oxygen atoms in total. The molecule has 3 heterocycles. The lowest BCUT2D eigenvalue weighted by molar-refractivity contribution is -0.132. The van der Waals surface area contributed by atoms with Gasteiger partial charge in [0.25, 0.3) is 5.78 Å². The molecule has 1 fully saturated rings. The van der Waals surface area contributed by atoms with Crippen LogP contribution in [0.15, 0.2) is 89.3 Å². The highest BCUT2D eigenvalue weighted by Crippen LogP contribution is 2.45. The molecular formula is C32H26FN3O5S2. The first-order valence-corrected chi connectivity index (χ1v) is 15.3. The van der Waals surface area contributed by atoms with Gasteiger partial charge >= 0.3 is 5.91 Å². The fourth-order valence-corrected chi connectivity index (χ4v) is 6.97. The lowest BCUT2D eigenvalue weighted by Gasteiger charge is -2.23. The molecule has 2 atom stereocenters. The fraction of sp³-hybridized carbons (Fsp3) is 0.188. The number of carbonyl (C=O) groups is 2. The molecule has 1 saturated heterocycles. The van der Waals surface area contributed by atoms with Crippen LogP contribution in [0, 0.1) is 5.82 Å². The third-order valence-corrected chi connectivity index (χ3v) is 9.17. The summed E-state index contributed by atoms with van der Waals surface area (Å²) in [4.78, 5) is 28.5. The van der Waals surface area contributed by atoms with Gasteiger partial charge in [0, 0.05) is 17.7 Å². The average Bonchev–Trinajstić information content (AvgIpc) is 3.70. The third kappa shape index (κ3) is 5.65. The van der Waals surface area contributed by atoms with Crippen LogP contribution in [0.1, 0.15) is 35.2 Å². The molecule has 1 amide bonds. The summed E-state index contributed by atoms with van der Waals surface area (Å²) < 4.78 is 26.2. The molecule has 0 saturated carbocycles. The van der Waals surface area contributed by atoms with Crippen molar-refractivity contribution in [1.82, 2.24) is 10.2 Å². The molecule has 218 valence electrons. The number of fused-ring (bicyclic) bond motifs is 1. The van der Waals surface area contributed by atoms with Crippen molar-refractivity contribution in [3.05, 3.63) is 113 Å². The van der Waals surface area contributed by atoms with Crippen molar-refractivity contribution in [3.8, 4) is 11.5 Å². The van der Waals surface area contributed by atoms with E-state index in [2.05, 4.69) is 16.8 Å². The zero-order valence-electron chi connectivity index (χ0n) is 23.0. The van der Waals surface area contributed by atoms with E-state index < -0.39 is 17.7 Å². The Morgan fingerprint density at radius 2 is 2.02 bits per heavy atom. The molecule has 0 aliphatic carbocycles. The van der Waals surface area contributed by atoms with Crippen molar-refractivity contribution in [3.63, 3.8) is 0 Å². The summed E-state index contributed by atoms with van der Waals surface area (Å²) in [5.74, 6) is -0.773. The van der Waals surface area contributed by atoms with Gasteiger partial charge in [0.15, 0.2) is 4.34 Å². The van der Waals surface area contributed by atoms with Gasteiger partial charge < -0.3 is 14.6 Å². The van der Waals surface area contributed by atoms with E-state index in [4.69, 9.17) is 9.47 Å². The second kappa shape index (κ2) is 12.0. The smallest absolute Gasteiger partial charge is 0.301 e. The van der Waals surface area contributed by atoms with Crippen molar-refractivity contribution in [2.75, 3.05) is 11.5 Å². The number of aliphatic hydroxyl groups excluding tert-OH is 1. The predicted octanol–water partition coefficient (Wildman–Crippen LogP) is 6.48. The number of amides is 1. The number of ether oxygens (including phenoxy) is 2. The Balaban J connectivity index is 1.40. The molecule has 2 aliphatic heterocycles. The second-order valence-corrected chi connectivity index (χ2v) is 12.2. The summed E-state index contributed by atoms with van der Waals surface area (Å²) in [7, 11) is 0. The van der Waals surface area contributed by atoms with Crippen molar-refractivity contribution in [2.45, 2.75) is 35.6 Å². The van der Waals surface area contributed by atoms with Crippen LogP contribution in [0.25, 0.3) is 5.76 Å². The minimum absolute atomic E-state index is 0.000802. The van der Waals surface area contributed by atoms with E-state index in [1.54, 1.807) is 66.7 Å². The van der Waals surface area contributed by atoms with E-state index in [-0.39, 0.29) is 35.0 Å². The molecule has 2 aliphatic rings. The van der Waals surface area contributed by atoms with E-state index in [1.807, 2.05) is 6.92 Å². The van der Waals surface area contributed by atoms with Gasteiger partial charge in [-0.3, -0.25) is 14.5 Å². The molecule has 3 aromatic carbocycles. The molecule has 6 rings (SSSR count). The Bertz CT molecular complexity index is 1770. The molecule has 4 aromatic rings. The number of Topliss-reactive ketones (excluding diaryl/α,β-unsaturated/α-hetero) is 1. The minimum atomic E-state index is -1.01. The van der Waals surface area contributed by atoms with Gasteiger partial charge in [-0.1, -0.05) is 66.1 Å². The van der Waals surface area contributed by atoms with Gasteiger partial charge in [-0.05, 0) is 60.0 Å². The van der Waals surface area contributed by atoms with Gasteiger partial charge in [-0.2, -0.15) is 0 Å². The Hall–Kier alpha value is -4.48. The number of benzene rings is 3. The van der Waals surface area contributed by atoms with Gasteiger partial charge in [-0.25, -0.2) is 4.39 Å². The number of thioether (sulfide) groups is 1. The zero-order chi connectivity index (χ0) is 30.1. The molecule has 43 heavy (non-hydrogen) atoms. The number of aromatic nitrogens is 2. The average molecular weight is 616 g/mol. The number of anilines is 1. The molecule has 0 bridgehead atoms. The van der Waals surface area contributed by atoms with Crippen molar-refractivity contribution in [1.29, 1.82) is 0 Å². The van der Waals surface area contributed by atoms with Gasteiger partial charge in [0.05, 0.1) is 11.6 Å². The highest BCUT2D eigenvalue weighted by Gasteiger charge is 2.48. The molecule has 0 radical (unpaired) electrons. The van der Waals surface area contributed by atoms with Crippen LogP contribution in [0.5, 0.6) is 11.5 Å². The number of hydrogen-bond donors (Lipinski definition) is 1. The zero-order valence-corrected chi connectivity index (χ0v) is 24.7. The lowest BCUT2D eigenvalue weighted by Crippen LogP contribution is -2.29. The second-order valence-electron chi connectivity index (χ2n) is 10.0. The quantitative estimate of drug-likeness (QED) is 0.0570. The molecule has 2 unspecified atom stereocenters. The topological polar surface area (TPSA) is 102 Å². The largest absolute Gasteiger partial charge is 0.507 e. The standard InChI is InChI=1S/C32H26FN3O5S2/c1-3-13-40-23-9-6-8-19(16-23)27-26(28(37)20-11-12-25-22(15-20)14-18(2)41-25)29(38)30(39)36(27)31-34-35-32(43-31)42-17-21-7-4-5-10-24(21)33/h3-12,15-16,18,27,37H,1,13-14,17H2,2H3/b28-26+. The van der Waals surface area contributed by atoms with Crippen LogP contribution in [0.4, 0.5) is 9.52 Å². The maximum atomic E-state index is 14.1. The Kier molecular flexibility index (Phi) is 8.00. The normalized spacial score (nSPS) is 18.9. The number of rotatable bonds is 9. The van der Waals surface area contributed by atoms with Crippen molar-refractivity contribution >= 4 is 45.7 Å². The van der Waals surface area contributed by atoms with E-state index in [0.717, 1.165) is 22.6 Å². The SMILES string of the molecule is C=CCOc1cccc(C2/C(=C(\O)c3ccc4c(c3)CC(C)O4)C(=O)C(=O)N2c2nnc(SCc3ccccc3F)s2)c1. The van der Waals surface area contributed by atoms with Gasteiger partial charge in [-0.15, -0.1) is 10.2 Å². The van der Waals surface area contributed by atoms with Crippen LogP contribution in [-0.2, 0) is 21.8 Å². The summed E-state index contributed by atoms with van der Waals surface area (Å²) in [6, 6.07) is 17.6. The Morgan fingerprint density at radius 3 is 2.84 bits per heavy atom. The number of ketones is 1. The van der Waals surface area contributed by atoms with Gasteiger partial charge in [0.2, 0.25) is 5.13 Å². The molecule has 11 heteroatoms. The predicted molar refractivity (Wildman–Crippen MR) is 163 cm³/mol. The van der Waals surface area contributed by atoms with E-state index in [9.17, 15) is 19.1 Å². The van der Waals surface area contributed by atoms with Crippen LogP contribution < -0.4 is 14.4 Å². The summed E-state index contributed by atoms with van der Waals surface area (Å²) >= 11 is 2.38. The Morgan fingerprint density at radius 1 is 1.19 bits per heavy atom. The first-order chi connectivity index (χ1) is 20.8. The van der Waals surface area contributed by atoms with Crippen LogP contribution >= 0.6 is 23.1 Å². The number of nitrogens with zero attached hydrogens (tertiary/aromatic N) is 3. The summed E-state index contributed by atoms with van der Waals surface area (Å²) in [5, 5.41) is 20.2. The molecular weight excluding hydrogens is 590 g/mol. The van der Waals surface area contributed by atoms with E-state index in [1.165, 1.54) is 22.7 Å². The third-order valence-electron chi connectivity index (χ3n) is 7.07. The summed E-state index contributed by atoms with van der Waals surface area (Å²) in [5.41, 5.74) is 2.28. The number of aliphatic hydroxyl groups is 1. The molecule has 0 spiro atoms. The molecule has 1 N–H and O–H groups in total. The van der Waals surface area contributed by atoms with Crippen LogP contribution in [0.3, 0.4) is 0 Å². The minimum Gasteiger partial charge on any atom is -0.507 e. The Labute approximate surface area is 255 Å². The number of carbonyl (C=O) groups excluding carboxylic acids is 2. The van der Waals surface area contributed by atoms with E-state index in [0.29, 0.717) is 39.0 Å². The highest BCUT2D eigenvalue weighted by atomic mass is 32.2. The van der Waals surface area contributed by atoms with E-state index >= 15 is 0 Å². The maximum absolute atomic E-state index is 14.1. The van der Waals surface area contributed by atoms with Crippen LogP contribution in [-0.4, -0.2) is 39.7 Å². The number of hydrogen-bond acceptors (Lipinski definition) is 9. The van der Waals surface area contributed by atoms with Gasteiger partial charge in [0.1, 0.15) is 35.8 Å². The summed E-state index contributed by atoms with van der Waals surface area (Å²) in [6.07, 6.45) is 2.27.